The van der Waals surface area contributed by atoms with E-state index < -0.39 is 0 Å². The topological polar surface area (TPSA) is 51.0 Å². The van der Waals surface area contributed by atoms with E-state index in [2.05, 4.69) is 47.5 Å². The molecule has 0 saturated heterocycles. The lowest BCUT2D eigenvalue weighted by atomic mass is 10.1. The van der Waals surface area contributed by atoms with Crippen molar-refractivity contribution in [3.63, 3.8) is 0 Å². The Hall–Kier alpha value is -1.84. The van der Waals surface area contributed by atoms with Gasteiger partial charge in [-0.25, -0.2) is 0 Å². The Labute approximate surface area is 106 Å². The van der Waals surface area contributed by atoms with Crippen molar-refractivity contribution in [3.05, 3.63) is 41.5 Å². The van der Waals surface area contributed by atoms with Gasteiger partial charge in [0.05, 0.1) is 0 Å². The molecule has 18 heavy (non-hydrogen) atoms. The molecule has 1 aliphatic rings. The van der Waals surface area contributed by atoms with E-state index in [4.69, 9.17) is 4.52 Å². The normalized spacial score (nSPS) is 19.3. The Bertz CT molecular complexity index is 524. The largest absolute Gasteiger partial charge is 0.373 e. The summed E-state index contributed by atoms with van der Waals surface area (Å²) in [5, 5.41) is 7.49. The molecule has 0 radical (unpaired) electrons. The number of anilines is 1. The molecule has 2 atom stereocenters. The van der Waals surface area contributed by atoms with Crippen LogP contribution in [-0.2, 0) is 6.42 Å². The molecule has 1 aromatic heterocycles. The zero-order chi connectivity index (χ0) is 12.5. The third kappa shape index (κ3) is 1.88. The highest BCUT2D eigenvalue weighted by Crippen LogP contribution is 2.33. The molecule has 0 saturated carbocycles. The van der Waals surface area contributed by atoms with Crippen LogP contribution in [-0.4, -0.2) is 10.1 Å². The van der Waals surface area contributed by atoms with Gasteiger partial charge in [0, 0.05) is 18.0 Å². The van der Waals surface area contributed by atoms with E-state index in [0.29, 0.717) is 11.8 Å². The fourth-order valence-electron chi connectivity index (χ4n) is 2.22. The molecule has 2 heterocycles. The van der Waals surface area contributed by atoms with E-state index in [-0.39, 0.29) is 6.04 Å². The predicted octanol–water partition coefficient (Wildman–Crippen LogP) is 3.29. The number of nitrogens with one attached hydrogen (secondary N) is 1. The van der Waals surface area contributed by atoms with Gasteiger partial charge in [0.2, 0.25) is 5.89 Å². The molecule has 1 N–H and O–H groups in total. The van der Waals surface area contributed by atoms with Crippen LogP contribution in [0, 0.1) is 0 Å². The molecule has 1 aliphatic heterocycles. The van der Waals surface area contributed by atoms with E-state index in [0.717, 1.165) is 18.7 Å². The monoisotopic (exact) mass is 243 g/mol. The Kier molecular flexibility index (Phi) is 2.78. The summed E-state index contributed by atoms with van der Waals surface area (Å²) in [4.78, 5) is 4.51. The number of para-hydroxylation sites is 1. The van der Waals surface area contributed by atoms with E-state index in [1.807, 2.05) is 6.07 Å². The molecular formula is C14H17N3O. The van der Waals surface area contributed by atoms with Crippen LogP contribution in [0.1, 0.15) is 49.5 Å². The van der Waals surface area contributed by atoms with Crippen LogP contribution in [0.15, 0.2) is 28.8 Å². The van der Waals surface area contributed by atoms with Crippen LogP contribution in [0.25, 0.3) is 0 Å². The maximum Gasteiger partial charge on any atom is 0.249 e. The van der Waals surface area contributed by atoms with Crippen LogP contribution >= 0.6 is 0 Å². The minimum Gasteiger partial charge on any atom is -0.373 e. The van der Waals surface area contributed by atoms with Crippen LogP contribution in [0.3, 0.4) is 0 Å². The smallest absolute Gasteiger partial charge is 0.249 e. The predicted molar refractivity (Wildman–Crippen MR) is 69.5 cm³/mol. The highest BCUT2D eigenvalue weighted by molar-refractivity contribution is 5.56. The standard InChI is InChI=1S/C14H17N3O/c1-3-9(2)13-16-14(18-17-13)12-8-10-6-4-5-7-11(10)15-12/h4-7,9,12,15H,3,8H2,1-2H3. The summed E-state index contributed by atoms with van der Waals surface area (Å²) in [6.07, 6.45) is 1.94. The lowest BCUT2D eigenvalue weighted by Gasteiger charge is -2.04. The Morgan fingerprint density at radius 2 is 2.28 bits per heavy atom. The maximum atomic E-state index is 5.38. The molecule has 0 aliphatic carbocycles. The summed E-state index contributed by atoms with van der Waals surface area (Å²) in [7, 11) is 0. The molecule has 94 valence electrons. The van der Waals surface area contributed by atoms with Crippen LogP contribution in [0.4, 0.5) is 5.69 Å². The van der Waals surface area contributed by atoms with Gasteiger partial charge in [0.25, 0.3) is 0 Å². The van der Waals surface area contributed by atoms with Gasteiger partial charge in [-0.1, -0.05) is 37.2 Å². The molecule has 0 fully saturated rings. The second-order valence-corrected chi connectivity index (χ2v) is 4.86. The molecule has 2 unspecified atom stereocenters. The minimum atomic E-state index is 0.118. The van der Waals surface area contributed by atoms with Crippen molar-refractivity contribution in [2.75, 3.05) is 5.32 Å². The van der Waals surface area contributed by atoms with Crippen LogP contribution in [0.5, 0.6) is 0 Å². The summed E-state index contributed by atoms with van der Waals surface area (Å²) >= 11 is 0. The first kappa shape index (κ1) is 11.3. The quantitative estimate of drug-likeness (QED) is 0.898. The zero-order valence-electron chi connectivity index (χ0n) is 10.7. The van der Waals surface area contributed by atoms with Gasteiger partial charge in [0.1, 0.15) is 6.04 Å². The lowest BCUT2D eigenvalue weighted by Crippen LogP contribution is -2.06. The number of hydrogen-bond donors (Lipinski definition) is 1. The first-order valence-electron chi connectivity index (χ1n) is 6.46. The van der Waals surface area contributed by atoms with Crippen molar-refractivity contribution in [2.45, 2.75) is 38.6 Å². The zero-order valence-corrected chi connectivity index (χ0v) is 10.7. The fourth-order valence-corrected chi connectivity index (χ4v) is 2.22. The van der Waals surface area contributed by atoms with Gasteiger partial charge in [-0.15, -0.1) is 0 Å². The van der Waals surface area contributed by atoms with Gasteiger partial charge >= 0.3 is 0 Å². The number of aromatic nitrogens is 2. The molecule has 0 amide bonds. The van der Waals surface area contributed by atoms with Gasteiger partial charge in [-0.3, -0.25) is 0 Å². The third-order valence-corrected chi connectivity index (χ3v) is 3.58. The van der Waals surface area contributed by atoms with Crippen molar-refractivity contribution in [2.24, 2.45) is 0 Å². The van der Waals surface area contributed by atoms with Crippen molar-refractivity contribution in [3.8, 4) is 0 Å². The molecule has 1 aromatic carbocycles. The summed E-state index contributed by atoms with van der Waals surface area (Å²) in [6, 6.07) is 8.43. The molecule has 0 spiro atoms. The van der Waals surface area contributed by atoms with E-state index in [1.165, 1.54) is 11.3 Å². The van der Waals surface area contributed by atoms with Crippen LogP contribution < -0.4 is 5.32 Å². The Balaban J connectivity index is 1.80. The maximum absolute atomic E-state index is 5.38. The minimum absolute atomic E-state index is 0.118. The molecule has 2 aromatic rings. The Morgan fingerprint density at radius 1 is 1.44 bits per heavy atom. The van der Waals surface area contributed by atoms with E-state index in [1.54, 1.807) is 0 Å². The second-order valence-electron chi connectivity index (χ2n) is 4.86. The number of benzene rings is 1. The second kappa shape index (κ2) is 4.44. The average Bonchev–Trinajstić information content (AvgIpc) is 3.03. The van der Waals surface area contributed by atoms with E-state index >= 15 is 0 Å². The molecule has 4 heteroatoms. The number of fused-ring (bicyclic) bond motifs is 1. The number of hydrogen-bond acceptors (Lipinski definition) is 4. The average molecular weight is 243 g/mol. The highest BCUT2D eigenvalue weighted by Gasteiger charge is 2.26. The van der Waals surface area contributed by atoms with Gasteiger partial charge in [0.15, 0.2) is 5.82 Å². The summed E-state index contributed by atoms with van der Waals surface area (Å²) in [5.41, 5.74) is 2.48. The molecule has 4 nitrogen and oxygen atoms in total. The third-order valence-electron chi connectivity index (χ3n) is 3.58. The molecule has 0 bridgehead atoms. The summed E-state index contributed by atoms with van der Waals surface area (Å²) in [6.45, 7) is 4.25. The SMILES string of the molecule is CCC(C)c1noc(C2Cc3ccccc3N2)n1. The fraction of sp³-hybridized carbons (Fsp3) is 0.429. The number of rotatable bonds is 3. The van der Waals surface area contributed by atoms with Crippen molar-refractivity contribution in [1.82, 2.24) is 10.1 Å². The highest BCUT2D eigenvalue weighted by atomic mass is 16.5. The van der Waals surface area contributed by atoms with Crippen LogP contribution in [0.2, 0.25) is 0 Å². The van der Waals surface area contributed by atoms with E-state index in [9.17, 15) is 0 Å². The van der Waals surface area contributed by atoms with Crippen molar-refractivity contribution < 1.29 is 4.52 Å². The number of nitrogens with zero attached hydrogens (tertiary/aromatic N) is 2. The summed E-state index contributed by atoms with van der Waals surface area (Å²) in [5.74, 6) is 1.86. The molecular weight excluding hydrogens is 226 g/mol. The van der Waals surface area contributed by atoms with Gasteiger partial charge in [-0.05, 0) is 18.1 Å². The first-order chi connectivity index (χ1) is 8.78. The van der Waals surface area contributed by atoms with Gasteiger partial charge in [-0.2, -0.15) is 4.98 Å². The van der Waals surface area contributed by atoms with Crippen molar-refractivity contribution >= 4 is 5.69 Å². The van der Waals surface area contributed by atoms with Gasteiger partial charge < -0.3 is 9.84 Å². The first-order valence-corrected chi connectivity index (χ1v) is 6.46. The summed E-state index contributed by atoms with van der Waals surface area (Å²) < 4.78 is 5.38. The lowest BCUT2D eigenvalue weighted by molar-refractivity contribution is 0.357. The Morgan fingerprint density at radius 3 is 3.06 bits per heavy atom. The van der Waals surface area contributed by atoms with Crippen molar-refractivity contribution in [1.29, 1.82) is 0 Å². The molecule has 3 rings (SSSR count).